The Morgan fingerprint density at radius 2 is 2.50 bits per heavy atom. The SMILES string of the molecule is C#CCC1COCCN1.Cl. The van der Waals surface area contributed by atoms with Crippen LogP contribution >= 0.6 is 12.4 Å². The van der Waals surface area contributed by atoms with Crippen LogP contribution < -0.4 is 5.32 Å². The Balaban J connectivity index is 0.000000810. The molecule has 1 aliphatic heterocycles. The first-order valence-electron chi connectivity index (χ1n) is 3.18. The molecule has 1 rings (SSSR count). The standard InChI is InChI=1S/C7H11NO.ClH/c1-2-3-7-6-9-5-4-8-7;/h1,7-8H,3-6H2;1H. The van der Waals surface area contributed by atoms with Gasteiger partial charge in [0.25, 0.3) is 0 Å². The highest BCUT2D eigenvalue weighted by molar-refractivity contribution is 5.85. The van der Waals surface area contributed by atoms with E-state index in [-0.39, 0.29) is 12.4 Å². The lowest BCUT2D eigenvalue weighted by Crippen LogP contribution is -2.40. The normalized spacial score (nSPS) is 24.5. The smallest absolute Gasteiger partial charge is 0.0629 e. The minimum absolute atomic E-state index is 0. The second-order valence-corrected chi connectivity index (χ2v) is 2.13. The summed E-state index contributed by atoms with van der Waals surface area (Å²) in [5, 5.41) is 3.25. The molecular weight excluding hydrogens is 150 g/mol. The van der Waals surface area contributed by atoms with Gasteiger partial charge in [-0.25, -0.2) is 0 Å². The molecule has 1 N–H and O–H groups in total. The maximum atomic E-state index is 5.18. The van der Waals surface area contributed by atoms with Gasteiger partial charge in [-0.05, 0) is 0 Å². The number of nitrogens with one attached hydrogen (secondary N) is 1. The predicted molar refractivity (Wildman–Crippen MR) is 43.3 cm³/mol. The van der Waals surface area contributed by atoms with E-state index in [4.69, 9.17) is 11.2 Å². The maximum Gasteiger partial charge on any atom is 0.0629 e. The van der Waals surface area contributed by atoms with E-state index in [0.29, 0.717) is 6.04 Å². The van der Waals surface area contributed by atoms with E-state index in [9.17, 15) is 0 Å². The summed E-state index contributed by atoms with van der Waals surface area (Å²) in [6.07, 6.45) is 5.89. The zero-order chi connectivity index (χ0) is 6.53. The summed E-state index contributed by atoms with van der Waals surface area (Å²) in [4.78, 5) is 0. The monoisotopic (exact) mass is 161 g/mol. The molecule has 1 unspecified atom stereocenters. The average molecular weight is 162 g/mol. The molecule has 0 aliphatic carbocycles. The molecule has 0 bridgehead atoms. The molecule has 0 aromatic heterocycles. The summed E-state index contributed by atoms with van der Waals surface area (Å²) in [7, 11) is 0. The van der Waals surface area contributed by atoms with E-state index in [1.54, 1.807) is 0 Å². The van der Waals surface area contributed by atoms with Crippen LogP contribution in [0.3, 0.4) is 0 Å². The molecule has 1 heterocycles. The van der Waals surface area contributed by atoms with E-state index in [0.717, 1.165) is 26.2 Å². The van der Waals surface area contributed by atoms with E-state index in [2.05, 4.69) is 11.2 Å². The molecule has 2 nitrogen and oxygen atoms in total. The second-order valence-electron chi connectivity index (χ2n) is 2.13. The number of rotatable bonds is 1. The van der Waals surface area contributed by atoms with Gasteiger partial charge in [0.05, 0.1) is 13.2 Å². The third kappa shape index (κ3) is 3.07. The van der Waals surface area contributed by atoms with Crippen molar-refractivity contribution < 1.29 is 4.74 Å². The van der Waals surface area contributed by atoms with Gasteiger partial charge in [-0.15, -0.1) is 24.8 Å². The lowest BCUT2D eigenvalue weighted by atomic mass is 10.2. The van der Waals surface area contributed by atoms with Gasteiger partial charge >= 0.3 is 0 Å². The van der Waals surface area contributed by atoms with Crippen molar-refractivity contribution in [1.29, 1.82) is 0 Å². The molecule has 1 fully saturated rings. The predicted octanol–water partition coefficient (Wildman–Crippen LogP) is 0.420. The van der Waals surface area contributed by atoms with Gasteiger partial charge in [-0.1, -0.05) is 0 Å². The summed E-state index contributed by atoms with van der Waals surface area (Å²) in [5.41, 5.74) is 0. The van der Waals surface area contributed by atoms with E-state index < -0.39 is 0 Å². The quantitative estimate of drug-likeness (QED) is 0.563. The molecule has 1 aliphatic rings. The average Bonchev–Trinajstić information content (AvgIpc) is 1.91. The Morgan fingerprint density at radius 3 is 3.00 bits per heavy atom. The Kier molecular flexibility index (Phi) is 5.42. The van der Waals surface area contributed by atoms with Crippen molar-refractivity contribution in [2.45, 2.75) is 12.5 Å². The van der Waals surface area contributed by atoms with Crippen LogP contribution in [0.4, 0.5) is 0 Å². The molecular formula is C7H12ClNO. The molecule has 1 atom stereocenters. The molecule has 10 heavy (non-hydrogen) atoms. The maximum absolute atomic E-state index is 5.18. The Hall–Kier alpha value is -0.230. The second kappa shape index (κ2) is 5.55. The van der Waals surface area contributed by atoms with Gasteiger partial charge < -0.3 is 10.1 Å². The first-order valence-corrected chi connectivity index (χ1v) is 3.18. The minimum atomic E-state index is 0. The fourth-order valence-corrected chi connectivity index (χ4v) is 0.893. The van der Waals surface area contributed by atoms with Crippen molar-refractivity contribution in [1.82, 2.24) is 5.32 Å². The lowest BCUT2D eigenvalue weighted by Gasteiger charge is -2.21. The fraction of sp³-hybridized carbons (Fsp3) is 0.714. The molecule has 1 saturated heterocycles. The van der Waals surface area contributed by atoms with Crippen molar-refractivity contribution in [3.05, 3.63) is 0 Å². The number of halogens is 1. The molecule has 0 aromatic rings. The van der Waals surface area contributed by atoms with Crippen molar-refractivity contribution in [3.63, 3.8) is 0 Å². The van der Waals surface area contributed by atoms with Crippen LogP contribution in [-0.2, 0) is 4.74 Å². The van der Waals surface area contributed by atoms with Crippen molar-refractivity contribution in [2.24, 2.45) is 0 Å². The van der Waals surface area contributed by atoms with Crippen molar-refractivity contribution >= 4 is 12.4 Å². The van der Waals surface area contributed by atoms with E-state index in [1.165, 1.54) is 0 Å². The molecule has 0 saturated carbocycles. The Bertz CT molecular complexity index is 115. The number of hydrogen-bond acceptors (Lipinski definition) is 2. The molecule has 0 radical (unpaired) electrons. The summed E-state index contributed by atoms with van der Waals surface area (Å²) in [6.45, 7) is 2.53. The highest BCUT2D eigenvalue weighted by Gasteiger charge is 2.09. The highest BCUT2D eigenvalue weighted by atomic mass is 35.5. The van der Waals surface area contributed by atoms with Crippen LogP contribution in [0.15, 0.2) is 0 Å². The zero-order valence-electron chi connectivity index (χ0n) is 5.80. The molecule has 0 amide bonds. The largest absolute Gasteiger partial charge is 0.378 e. The molecule has 3 heteroatoms. The third-order valence-electron chi connectivity index (χ3n) is 1.36. The van der Waals surface area contributed by atoms with Gasteiger partial charge in [0.1, 0.15) is 0 Å². The van der Waals surface area contributed by atoms with E-state index >= 15 is 0 Å². The summed E-state index contributed by atoms with van der Waals surface area (Å²) in [5.74, 6) is 2.59. The van der Waals surface area contributed by atoms with Gasteiger partial charge in [-0.3, -0.25) is 0 Å². The van der Waals surface area contributed by atoms with Crippen LogP contribution in [0.1, 0.15) is 6.42 Å². The summed E-state index contributed by atoms with van der Waals surface area (Å²) < 4.78 is 5.18. The first kappa shape index (κ1) is 9.77. The Labute approximate surface area is 67.7 Å². The molecule has 0 aromatic carbocycles. The highest BCUT2D eigenvalue weighted by Crippen LogP contribution is 1.95. The van der Waals surface area contributed by atoms with Crippen molar-refractivity contribution in [3.8, 4) is 12.3 Å². The summed E-state index contributed by atoms with van der Waals surface area (Å²) >= 11 is 0. The van der Waals surface area contributed by atoms with Crippen LogP contribution in [-0.4, -0.2) is 25.8 Å². The zero-order valence-corrected chi connectivity index (χ0v) is 6.62. The minimum Gasteiger partial charge on any atom is -0.378 e. The van der Waals surface area contributed by atoms with Gasteiger partial charge in [0.2, 0.25) is 0 Å². The van der Waals surface area contributed by atoms with Crippen LogP contribution in [0.5, 0.6) is 0 Å². The third-order valence-corrected chi connectivity index (χ3v) is 1.36. The topological polar surface area (TPSA) is 21.3 Å². The number of morpholine rings is 1. The van der Waals surface area contributed by atoms with E-state index in [1.807, 2.05) is 0 Å². The summed E-state index contributed by atoms with van der Waals surface area (Å²) in [6, 6.07) is 0.392. The Morgan fingerprint density at radius 1 is 1.70 bits per heavy atom. The van der Waals surface area contributed by atoms with Crippen molar-refractivity contribution in [2.75, 3.05) is 19.8 Å². The van der Waals surface area contributed by atoms with Crippen LogP contribution in [0.2, 0.25) is 0 Å². The molecule has 58 valence electrons. The van der Waals surface area contributed by atoms with Crippen LogP contribution in [0.25, 0.3) is 0 Å². The van der Waals surface area contributed by atoms with Gasteiger partial charge in [0.15, 0.2) is 0 Å². The number of ether oxygens (including phenoxy) is 1. The number of hydrogen-bond donors (Lipinski definition) is 1. The first-order chi connectivity index (χ1) is 4.43. The lowest BCUT2D eigenvalue weighted by molar-refractivity contribution is 0.0784. The van der Waals surface area contributed by atoms with Crippen LogP contribution in [0, 0.1) is 12.3 Å². The van der Waals surface area contributed by atoms with Gasteiger partial charge in [0, 0.05) is 19.0 Å². The molecule has 0 spiro atoms. The fourth-order valence-electron chi connectivity index (χ4n) is 0.893. The van der Waals surface area contributed by atoms with Gasteiger partial charge in [-0.2, -0.15) is 0 Å². The number of terminal acetylenes is 1.